The lowest BCUT2D eigenvalue weighted by Gasteiger charge is -2.40. The van der Waals surface area contributed by atoms with Gasteiger partial charge in [-0.1, -0.05) is 322 Å². The fraction of sp³-hybridized carbons (Fsp3) is 0.984. The van der Waals surface area contributed by atoms with Gasteiger partial charge in [0, 0.05) is 6.42 Å². The average molecular weight is 1020 g/mol. The van der Waals surface area contributed by atoms with Crippen LogP contribution in [-0.4, -0.2) is 87.5 Å². The van der Waals surface area contributed by atoms with Crippen LogP contribution in [0, 0.1) is 0 Å². The maximum Gasteiger partial charge on any atom is 0.220 e. The predicted octanol–water partition coefficient (Wildman–Crippen LogP) is 16.6. The van der Waals surface area contributed by atoms with Crippen LogP contribution < -0.4 is 5.32 Å². The maximum absolute atomic E-state index is 13.0. The predicted molar refractivity (Wildman–Crippen MR) is 304 cm³/mol. The molecule has 1 amide bonds. The second kappa shape index (κ2) is 53.6. The fourth-order valence-electron chi connectivity index (χ4n) is 10.9. The molecular formula is C63H125NO8. The Balaban J connectivity index is 1.96. The SMILES string of the molecule is CCCCCCCCCCCCCCCCCCCCCCCCCCCCCCCCCCCCCCCCCC(=O)NC(COC1OC(CO)C(O)C(O)C1O)C(O)CCCCCCCCCCCC. The lowest BCUT2D eigenvalue weighted by molar-refractivity contribution is -0.302. The highest BCUT2D eigenvalue weighted by molar-refractivity contribution is 5.76. The normalized spacial score (nSPS) is 19.0. The van der Waals surface area contributed by atoms with Crippen molar-refractivity contribution in [1.82, 2.24) is 5.32 Å². The number of rotatable bonds is 57. The number of carbonyl (C=O) groups is 1. The summed E-state index contributed by atoms with van der Waals surface area (Å²) in [6.45, 7) is 3.86. The highest BCUT2D eigenvalue weighted by Crippen LogP contribution is 2.24. The van der Waals surface area contributed by atoms with E-state index in [9.17, 15) is 30.3 Å². The molecule has 1 aliphatic heterocycles. The fourth-order valence-corrected chi connectivity index (χ4v) is 10.9. The second-order valence-electron chi connectivity index (χ2n) is 22.9. The first kappa shape index (κ1) is 69.2. The van der Waals surface area contributed by atoms with Crippen molar-refractivity contribution in [2.24, 2.45) is 0 Å². The van der Waals surface area contributed by atoms with Crippen LogP contribution in [0.15, 0.2) is 0 Å². The minimum absolute atomic E-state index is 0.132. The quantitative estimate of drug-likeness (QED) is 0.0330. The number of amides is 1. The summed E-state index contributed by atoms with van der Waals surface area (Å²) in [4.78, 5) is 13.0. The van der Waals surface area contributed by atoms with Crippen LogP contribution in [0.1, 0.15) is 341 Å². The van der Waals surface area contributed by atoms with E-state index in [2.05, 4.69) is 19.2 Å². The summed E-state index contributed by atoms with van der Waals surface area (Å²) in [6.07, 6.45) is 59.2. The number of unbranched alkanes of at least 4 members (excludes halogenated alkanes) is 47. The summed E-state index contributed by atoms with van der Waals surface area (Å²) in [7, 11) is 0. The van der Waals surface area contributed by atoms with E-state index in [-0.39, 0.29) is 12.5 Å². The van der Waals surface area contributed by atoms with Crippen molar-refractivity contribution >= 4 is 5.91 Å². The topological polar surface area (TPSA) is 149 Å². The van der Waals surface area contributed by atoms with E-state index < -0.39 is 49.5 Å². The van der Waals surface area contributed by atoms with Gasteiger partial charge in [-0.25, -0.2) is 0 Å². The molecule has 0 aliphatic carbocycles. The number of ether oxygens (including phenoxy) is 2. The Labute approximate surface area is 446 Å². The van der Waals surface area contributed by atoms with Gasteiger partial charge in [-0.3, -0.25) is 4.79 Å². The number of hydrogen-bond donors (Lipinski definition) is 6. The van der Waals surface area contributed by atoms with Crippen molar-refractivity contribution in [1.29, 1.82) is 0 Å². The molecule has 7 atom stereocenters. The van der Waals surface area contributed by atoms with Crippen molar-refractivity contribution in [3.05, 3.63) is 0 Å². The first-order valence-corrected chi connectivity index (χ1v) is 32.2. The van der Waals surface area contributed by atoms with Gasteiger partial charge in [0.1, 0.15) is 24.4 Å². The summed E-state index contributed by atoms with van der Waals surface area (Å²) in [5, 5.41) is 54.5. The van der Waals surface area contributed by atoms with Gasteiger partial charge in [0.05, 0.1) is 25.4 Å². The largest absolute Gasteiger partial charge is 0.394 e. The van der Waals surface area contributed by atoms with Gasteiger partial charge >= 0.3 is 0 Å². The van der Waals surface area contributed by atoms with Gasteiger partial charge in [-0.05, 0) is 12.8 Å². The smallest absolute Gasteiger partial charge is 0.220 e. The monoisotopic (exact) mass is 1020 g/mol. The van der Waals surface area contributed by atoms with Gasteiger partial charge in [-0.15, -0.1) is 0 Å². The van der Waals surface area contributed by atoms with Crippen LogP contribution in [-0.2, 0) is 14.3 Å². The van der Waals surface area contributed by atoms with E-state index in [4.69, 9.17) is 9.47 Å². The molecule has 430 valence electrons. The molecule has 1 rings (SSSR count). The van der Waals surface area contributed by atoms with E-state index in [1.807, 2.05) is 0 Å². The summed E-state index contributed by atoms with van der Waals surface area (Å²) in [6, 6.07) is -0.712. The molecule has 1 saturated heterocycles. The first-order chi connectivity index (χ1) is 35.3. The molecular weight excluding hydrogens is 899 g/mol. The number of nitrogens with one attached hydrogen (secondary N) is 1. The third kappa shape index (κ3) is 42.3. The van der Waals surface area contributed by atoms with Crippen LogP contribution in [0.3, 0.4) is 0 Å². The van der Waals surface area contributed by atoms with Gasteiger partial charge in [0.15, 0.2) is 6.29 Å². The van der Waals surface area contributed by atoms with Crippen molar-refractivity contribution in [3.63, 3.8) is 0 Å². The lowest BCUT2D eigenvalue weighted by Crippen LogP contribution is -2.60. The van der Waals surface area contributed by atoms with E-state index in [0.29, 0.717) is 12.8 Å². The second-order valence-corrected chi connectivity index (χ2v) is 22.9. The molecule has 0 saturated carbocycles. The first-order valence-electron chi connectivity index (χ1n) is 32.2. The van der Waals surface area contributed by atoms with Crippen LogP contribution in [0.4, 0.5) is 0 Å². The number of aliphatic hydroxyl groups excluding tert-OH is 5. The Bertz CT molecular complexity index is 1100. The van der Waals surface area contributed by atoms with Crippen molar-refractivity contribution in [2.45, 2.75) is 384 Å². The highest BCUT2D eigenvalue weighted by Gasteiger charge is 2.44. The molecule has 0 radical (unpaired) electrons. The molecule has 6 N–H and O–H groups in total. The molecule has 0 aromatic carbocycles. The molecule has 0 bridgehead atoms. The van der Waals surface area contributed by atoms with E-state index in [1.54, 1.807) is 0 Å². The summed E-state index contributed by atoms with van der Waals surface area (Å²) in [5.41, 5.74) is 0. The molecule has 7 unspecified atom stereocenters. The zero-order chi connectivity index (χ0) is 52.2. The van der Waals surface area contributed by atoms with Crippen molar-refractivity contribution in [2.75, 3.05) is 13.2 Å². The van der Waals surface area contributed by atoms with Crippen LogP contribution in [0.25, 0.3) is 0 Å². The molecule has 1 fully saturated rings. The Morgan fingerprint density at radius 2 is 0.694 bits per heavy atom. The zero-order valence-corrected chi connectivity index (χ0v) is 48.0. The lowest BCUT2D eigenvalue weighted by atomic mass is 9.99. The molecule has 72 heavy (non-hydrogen) atoms. The number of hydrogen-bond acceptors (Lipinski definition) is 8. The van der Waals surface area contributed by atoms with Crippen molar-refractivity contribution in [3.8, 4) is 0 Å². The van der Waals surface area contributed by atoms with Crippen LogP contribution in [0.2, 0.25) is 0 Å². The van der Waals surface area contributed by atoms with Crippen LogP contribution >= 0.6 is 0 Å². The molecule has 0 aromatic rings. The van der Waals surface area contributed by atoms with E-state index >= 15 is 0 Å². The standard InChI is InChI=1S/C63H125NO8/c1-3-5-7-9-11-13-15-16-17-18-19-20-21-22-23-24-25-26-27-28-29-30-31-32-33-34-35-36-37-38-39-40-41-42-43-45-47-49-51-53-59(67)64-56(55-71-63-62(70)61(69)60(68)58(54-65)72-63)57(66)52-50-48-46-44-14-12-10-8-6-4-2/h56-58,60-63,65-66,68-70H,3-55H2,1-2H3,(H,64,67). The molecule has 0 spiro atoms. The maximum atomic E-state index is 13.0. The van der Waals surface area contributed by atoms with E-state index in [1.165, 1.54) is 276 Å². The average Bonchev–Trinajstić information content (AvgIpc) is 3.38. The zero-order valence-electron chi connectivity index (χ0n) is 48.0. The third-order valence-electron chi connectivity index (χ3n) is 16.0. The van der Waals surface area contributed by atoms with E-state index in [0.717, 1.165) is 38.5 Å². The molecule has 1 heterocycles. The van der Waals surface area contributed by atoms with Gasteiger partial charge in [0.25, 0.3) is 0 Å². The van der Waals surface area contributed by atoms with Crippen LogP contribution in [0.5, 0.6) is 0 Å². The Morgan fingerprint density at radius 1 is 0.417 bits per heavy atom. The Morgan fingerprint density at radius 3 is 0.986 bits per heavy atom. The van der Waals surface area contributed by atoms with Crippen molar-refractivity contribution < 1.29 is 39.8 Å². The Kier molecular flexibility index (Phi) is 51.5. The summed E-state index contributed by atoms with van der Waals surface area (Å²) in [5.74, 6) is -0.138. The van der Waals surface area contributed by atoms with Gasteiger partial charge in [-0.2, -0.15) is 0 Å². The van der Waals surface area contributed by atoms with Gasteiger partial charge in [0.2, 0.25) is 5.91 Å². The van der Waals surface area contributed by atoms with Gasteiger partial charge < -0.3 is 40.3 Å². The highest BCUT2D eigenvalue weighted by atomic mass is 16.7. The molecule has 9 heteroatoms. The number of carbonyl (C=O) groups excluding carboxylic acids is 1. The summed E-state index contributed by atoms with van der Waals surface area (Å²) >= 11 is 0. The molecule has 1 aliphatic rings. The Hall–Kier alpha value is -0.810. The summed E-state index contributed by atoms with van der Waals surface area (Å²) < 4.78 is 11.3. The minimum atomic E-state index is -1.55. The number of aliphatic hydroxyl groups is 5. The molecule has 9 nitrogen and oxygen atoms in total. The molecule has 0 aromatic heterocycles. The third-order valence-corrected chi connectivity index (χ3v) is 16.0. The minimum Gasteiger partial charge on any atom is -0.394 e.